The van der Waals surface area contributed by atoms with E-state index in [1.54, 1.807) is 23.9 Å². The van der Waals surface area contributed by atoms with E-state index < -0.39 is 9.84 Å². The molecule has 1 N–H and O–H groups in total. The molecule has 0 amide bonds. The molecule has 1 heterocycles. The summed E-state index contributed by atoms with van der Waals surface area (Å²) >= 11 is 0. The summed E-state index contributed by atoms with van der Waals surface area (Å²) in [5.41, 5.74) is 0.705. The third kappa shape index (κ3) is 4.06. The molecular formula is C12H17N5O3S. The van der Waals surface area contributed by atoms with Gasteiger partial charge in [-0.3, -0.25) is 0 Å². The Balaban J connectivity index is 2.13. The zero-order valence-corrected chi connectivity index (χ0v) is 12.7. The molecule has 0 aliphatic heterocycles. The second kappa shape index (κ2) is 6.74. The number of benzene rings is 1. The van der Waals surface area contributed by atoms with Crippen molar-refractivity contribution in [1.29, 1.82) is 0 Å². The van der Waals surface area contributed by atoms with Crippen LogP contribution in [0.25, 0.3) is 5.69 Å². The molecule has 0 saturated carbocycles. The van der Waals surface area contributed by atoms with Gasteiger partial charge in [0.05, 0.1) is 23.7 Å². The number of hydrogen-bond acceptors (Lipinski definition) is 7. The number of nitrogens with zero attached hydrogens (tertiary/aromatic N) is 4. The van der Waals surface area contributed by atoms with Gasteiger partial charge in [0.25, 0.3) is 0 Å². The van der Waals surface area contributed by atoms with E-state index in [1.165, 1.54) is 18.4 Å². The molecule has 0 bridgehead atoms. The SMILES string of the molecule is COCCNCc1nnnn1-c1ccc(S(C)(=O)=O)cc1. The van der Waals surface area contributed by atoms with Gasteiger partial charge in [0.2, 0.25) is 0 Å². The lowest BCUT2D eigenvalue weighted by Crippen LogP contribution is -2.21. The van der Waals surface area contributed by atoms with Crippen molar-refractivity contribution in [3.05, 3.63) is 30.1 Å². The number of methoxy groups -OCH3 is 1. The van der Waals surface area contributed by atoms with Gasteiger partial charge in [0.15, 0.2) is 15.7 Å². The maximum atomic E-state index is 11.4. The highest BCUT2D eigenvalue weighted by atomic mass is 32.2. The summed E-state index contributed by atoms with van der Waals surface area (Å²) in [6.45, 7) is 1.78. The van der Waals surface area contributed by atoms with E-state index in [0.29, 0.717) is 31.2 Å². The molecule has 1 aromatic heterocycles. The van der Waals surface area contributed by atoms with Crippen molar-refractivity contribution in [3.8, 4) is 5.69 Å². The number of nitrogens with one attached hydrogen (secondary N) is 1. The second-order valence-corrected chi connectivity index (χ2v) is 6.46. The minimum Gasteiger partial charge on any atom is -0.383 e. The molecule has 8 nitrogen and oxygen atoms in total. The van der Waals surface area contributed by atoms with Crippen LogP contribution in [0.1, 0.15) is 5.82 Å². The monoisotopic (exact) mass is 311 g/mol. The first-order chi connectivity index (χ1) is 10.0. The van der Waals surface area contributed by atoms with Crippen LogP contribution in [0.3, 0.4) is 0 Å². The summed E-state index contributed by atoms with van der Waals surface area (Å²) in [6, 6.07) is 6.42. The first-order valence-corrected chi connectivity index (χ1v) is 8.19. The van der Waals surface area contributed by atoms with Gasteiger partial charge in [-0.15, -0.1) is 5.10 Å². The standard InChI is InChI=1S/C12H17N5O3S/c1-20-8-7-13-9-12-14-15-16-17(12)10-3-5-11(6-4-10)21(2,18)19/h3-6,13H,7-9H2,1-2H3. The van der Waals surface area contributed by atoms with Crippen LogP contribution in [0.4, 0.5) is 0 Å². The largest absolute Gasteiger partial charge is 0.383 e. The van der Waals surface area contributed by atoms with Gasteiger partial charge in [-0.05, 0) is 34.7 Å². The summed E-state index contributed by atoms with van der Waals surface area (Å²) in [6.07, 6.45) is 1.17. The highest BCUT2D eigenvalue weighted by Crippen LogP contribution is 2.13. The van der Waals surface area contributed by atoms with Crippen LogP contribution in [-0.2, 0) is 21.1 Å². The third-order valence-electron chi connectivity index (χ3n) is 2.81. The molecule has 1 aromatic carbocycles. The summed E-state index contributed by atoms with van der Waals surface area (Å²) in [5, 5.41) is 14.6. The molecule has 9 heteroatoms. The molecule has 2 rings (SSSR count). The van der Waals surface area contributed by atoms with E-state index in [0.717, 1.165) is 0 Å². The molecule has 2 aromatic rings. The molecule has 114 valence electrons. The van der Waals surface area contributed by atoms with E-state index in [9.17, 15) is 8.42 Å². The fraction of sp³-hybridized carbons (Fsp3) is 0.417. The molecule has 0 aliphatic rings. The predicted molar refractivity (Wildman–Crippen MR) is 75.8 cm³/mol. The minimum atomic E-state index is -3.21. The molecule has 0 spiro atoms. The fourth-order valence-electron chi connectivity index (χ4n) is 1.73. The molecular weight excluding hydrogens is 294 g/mol. The van der Waals surface area contributed by atoms with Crippen molar-refractivity contribution in [1.82, 2.24) is 25.5 Å². The molecule has 21 heavy (non-hydrogen) atoms. The maximum Gasteiger partial charge on any atom is 0.175 e. The second-order valence-electron chi connectivity index (χ2n) is 4.44. The van der Waals surface area contributed by atoms with Gasteiger partial charge < -0.3 is 10.1 Å². The van der Waals surface area contributed by atoms with Gasteiger partial charge >= 0.3 is 0 Å². The molecule has 0 aliphatic carbocycles. The quantitative estimate of drug-likeness (QED) is 0.707. The number of tetrazole rings is 1. The number of sulfone groups is 1. The van der Waals surface area contributed by atoms with Crippen molar-refractivity contribution in [3.63, 3.8) is 0 Å². The van der Waals surface area contributed by atoms with E-state index in [4.69, 9.17) is 4.74 Å². The normalized spacial score (nSPS) is 11.7. The van der Waals surface area contributed by atoms with Gasteiger partial charge in [0.1, 0.15) is 0 Å². The van der Waals surface area contributed by atoms with Crippen molar-refractivity contribution in [2.45, 2.75) is 11.4 Å². The molecule has 0 unspecified atom stereocenters. The van der Waals surface area contributed by atoms with E-state index in [1.807, 2.05) is 0 Å². The van der Waals surface area contributed by atoms with E-state index in [2.05, 4.69) is 20.8 Å². The van der Waals surface area contributed by atoms with Crippen LogP contribution in [0, 0.1) is 0 Å². The van der Waals surface area contributed by atoms with Crippen molar-refractivity contribution >= 4 is 9.84 Å². The van der Waals surface area contributed by atoms with Crippen molar-refractivity contribution in [2.75, 3.05) is 26.5 Å². The molecule has 0 saturated heterocycles. The van der Waals surface area contributed by atoms with Crippen molar-refractivity contribution < 1.29 is 13.2 Å². The van der Waals surface area contributed by atoms with E-state index in [-0.39, 0.29) is 4.90 Å². The Hall–Kier alpha value is -1.84. The summed E-state index contributed by atoms with van der Waals surface area (Å²) in [7, 11) is -1.57. The highest BCUT2D eigenvalue weighted by molar-refractivity contribution is 7.90. The summed E-state index contributed by atoms with van der Waals surface area (Å²) in [4.78, 5) is 0.263. The lowest BCUT2D eigenvalue weighted by atomic mass is 10.3. The van der Waals surface area contributed by atoms with Crippen LogP contribution in [0.2, 0.25) is 0 Å². The molecule has 0 atom stereocenters. The number of rotatable bonds is 7. The first-order valence-electron chi connectivity index (χ1n) is 6.30. The Bertz CT molecular complexity index is 681. The van der Waals surface area contributed by atoms with E-state index >= 15 is 0 Å². The predicted octanol–water partition coefficient (Wildman–Crippen LogP) is -0.198. The van der Waals surface area contributed by atoms with Gasteiger partial charge in [-0.2, -0.15) is 4.68 Å². The minimum absolute atomic E-state index is 0.263. The highest BCUT2D eigenvalue weighted by Gasteiger charge is 2.10. The van der Waals surface area contributed by atoms with Gasteiger partial charge in [0, 0.05) is 19.9 Å². The molecule has 0 radical (unpaired) electrons. The summed E-state index contributed by atoms with van der Waals surface area (Å²) < 4.78 is 29.4. The average Bonchev–Trinajstić information content (AvgIpc) is 2.91. The summed E-state index contributed by atoms with van der Waals surface area (Å²) in [5.74, 6) is 0.637. The maximum absolute atomic E-state index is 11.4. The zero-order valence-electron chi connectivity index (χ0n) is 11.9. The lowest BCUT2D eigenvalue weighted by molar-refractivity contribution is 0.199. The lowest BCUT2D eigenvalue weighted by Gasteiger charge is -2.06. The zero-order chi connectivity index (χ0) is 15.3. The number of hydrogen-bond donors (Lipinski definition) is 1. The smallest absolute Gasteiger partial charge is 0.175 e. The molecule has 0 fully saturated rings. The van der Waals surface area contributed by atoms with Crippen molar-refractivity contribution in [2.24, 2.45) is 0 Å². The Morgan fingerprint density at radius 1 is 1.29 bits per heavy atom. The third-order valence-corrected chi connectivity index (χ3v) is 3.94. The number of aromatic nitrogens is 4. The van der Waals surface area contributed by atoms with Crippen LogP contribution < -0.4 is 5.32 Å². The van der Waals surface area contributed by atoms with Crippen LogP contribution >= 0.6 is 0 Å². The van der Waals surface area contributed by atoms with Crippen LogP contribution in [0.5, 0.6) is 0 Å². The fourth-order valence-corrected chi connectivity index (χ4v) is 2.36. The van der Waals surface area contributed by atoms with Gasteiger partial charge in [-0.25, -0.2) is 8.42 Å². The van der Waals surface area contributed by atoms with Crippen LogP contribution in [-0.4, -0.2) is 55.1 Å². The average molecular weight is 311 g/mol. The Morgan fingerprint density at radius 3 is 2.62 bits per heavy atom. The Kier molecular flexibility index (Phi) is 4.99. The number of ether oxygens (including phenoxy) is 1. The topological polar surface area (TPSA) is 99.0 Å². The first kappa shape index (κ1) is 15.5. The Morgan fingerprint density at radius 2 is 2.00 bits per heavy atom. The Labute approximate surface area is 123 Å². The van der Waals surface area contributed by atoms with Gasteiger partial charge in [-0.1, -0.05) is 0 Å². The van der Waals surface area contributed by atoms with Crippen LogP contribution in [0.15, 0.2) is 29.2 Å².